The van der Waals surface area contributed by atoms with E-state index >= 15 is 0 Å². The zero-order valence-corrected chi connectivity index (χ0v) is 10.4. The first kappa shape index (κ1) is 11.3. The van der Waals surface area contributed by atoms with E-state index in [2.05, 4.69) is 27.3 Å². The first-order valence-electron chi connectivity index (χ1n) is 6.40. The number of hydrogen-bond donors (Lipinski definition) is 2. The van der Waals surface area contributed by atoms with Gasteiger partial charge in [-0.2, -0.15) is 10.1 Å². The molecule has 6 nitrogen and oxygen atoms in total. The molecule has 1 aliphatic carbocycles. The minimum absolute atomic E-state index is 0.431. The van der Waals surface area contributed by atoms with Crippen LogP contribution in [0.1, 0.15) is 44.3 Å². The van der Waals surface area contributed by atoms with Crippen LogP contribution in [0.5, 0.6) is 0 Å². The van der Waals surface area contributed by atoms with Gasteiger partial charge in [0.15, 0.2) is 5.82 Å². The number of nitrogens with zero attached hydrogens (tertiary/aromatic N) is 3. The van der Waals surface area contributed by atoms with E-state index in [4.69, 9.17) is 10.3 Å². The Hall–Kier alpha value is -1.85. The van der Waals surface area contributed by atoms with E-state index in [0.717, 1.165) is 24.6 Å². The lowest BCUT2D eigenvalue weighted by atomic mass is 10.0. The standard InChI is InChI=1S/C12H17N5O/c1-2-7-3-4-8(5-7)11-15-12(18-17-11)9-6-14-16-10(9)13/h6-8H,2-5H2,1H3,(H3,13,14,16). The van der Waals surface area contributed by atoms with Gasteiger partial charge in [-0.1, -0.05) is 18.5 Å². The Morgan fingerprint density at radius 2 is 2.39 bits per heavy atom. The third kappa shape index (κ3) is 1.87. The molecule has 2 atom stereocenters. The SMILES string of the molecule is CCC1CCC(c2noc(-c3cn[nH]c3N)n2)C1. The number of hydrogen-bond acceptors (Lipinski definition) is 5. The number of H-pyrrole nitrogens is 1. The first-order valence-corrected chi connectivity index (χ1v) is 6.40. The summed E-state index contributed by atoms with van der Waals surface area (Å²) in [6.07, 6.45) is 6.42. The van der Waals surface area contributed by atoms with Crippen LogP contribution in [0.4, 0.5) is 5.82 Å². The molecular weight excluding hydrogens is 230 g/mol. The Kier molecular flexibility index (Phi) is 2.77. The molecule has 0 saturated heterocycles. The van der Waals surface area contributed by atoms with Crippen molar-refractivity contribution in [1.29, 1.82) is 0 Å². The maximum Gasteiger partial charge on any atom is 0.263 e. The highest BCUT2D eigenvalue weighted by Gasteiger charge is 2.28. The maximum absolute atomic E-state index is 5.73. The van der Waals surface area contributed by atoms with Gasteiger partial charge >= 0.3 is 0 Å². The summed E-state index contributed by atoms with van der Waals surface area (Å²) in [5.41, 5.74) is 6.41. The Morgan fingerprint density at radius 1 is 1.50 bits per heavy atom. The molecule has 18 heavy (non-hydrogen) atoms. The van der Waals surface area contributed by atoms with E-state index in [1.54, 1.807) is 6.20 Å². The molecular formula is C12H17N5O. The molecule has 2 aromatic heterocycles. The fourth-order valence-corrected chi connectivity index (χ4v) is 2.66. The van der Waals surface area contributed by atoms with E-state index in [1.165, 1.54) is 12.8 Å². The lowest BCUT2D eigenvalue weighted by Gasteiger charge is -2.04. The van der Waals surface area contributed by atoms with Crippen LogP contribution in [0.3, 0.4) is 0 Å². The minimum atomic E-state index is 0.431. The highest BCUT2D eigenvalue weighted by atomic mass is 16.5. The number of nitrogens with two attached hydrogens (primary N) is 1. The van der Waals surface area contributed by atoms with Gasteiger partial charge in [0.1, 0.15) is 11.4 Å². The van der Waals surface area contributed by atoms with Crippen molar-refractivity contribution >= 4 is 5.82 Å². The van der Waals surface area contributed by atoms with Crippen molar-refractivity contribution in [3.63, 3.8) is 0 Å². The average Bonchev–Trinajstić information content (AvgIpc) is 3.07. The Bertz CT molecular complexity index is 532. The van der Waals surface area contributed by atoms with Crippen LogP contribution >= 0.6 is 0 Å². The van der Waals surface area contributed by atoms with E-state index < -0.39 is 0 Å². The zero-order valence-electron chi connectivity index (χ0n) is 10.4. The lowest BCUT2D eigenvalue weighted by molar-refractivity contribution is 0.414. The largest absolute Gasteiger partial charge is 0.383 e. The highest BCUT2D eigenvalue weighted by molar-refractivity contribution is 5.65. The van der Waals surface area contributed by atoms with Crippen molar-refractivity contribution < 1.29 is 4.52 Å². The molecule has 1 aliphatic rings. The summed E-state index contributed by atoms with van der Waals surface area (Å²) < 4.78 is 5.27. The van der Waals surface area contributed by atoms with Gasteiger partial charge in [-0.15, -0.1) is 0 Å². The predicted octanol–water partition coefficient (Wildman–Crippen LogP) is 2.34. The molecule has 3 N–H and O–H groups in total. The minimum Gasteiger partial charge on any atom is -0.383 e. The van der Waals surface area contributed by atoms with Gasteiger partial charge in [0.25, 0.3) is 5.89 Å². The number of nitrogen functional groups attached to an aromatic ring is 1. The fraction of sp³-hybridized carbons (Fsp3) is 0.583. The molecule has 1 saturated carbocycles. The molecule has 0 amide bonds. The third-order valence-corrected chi connectivity index (χ3v) is 3.82. The second kappa shape index (κ2) is 4.44. The number of aromatic nitrogens is 4. The number of anilines is 1. The number of nitrogens with one attached hydrogen (secondary N) is 1. The van der Waals surface area contributed by atoms with Gasteiger partial charge in [-0.3, -0.25) is 5.10 Å². The normalized spacial score (nSPS) is 23.6. The predicted molar refractivity (Wildman–Crippen MR) is 66.7 cm³/mol. The van der Waals surface area contributed by atoms with Gasteiger partial charge in [-0.25, -0.2) is 0 Å². The number of rotatable bonds is 3. The fourth-order valence-electron chi connectivity index (χ4n) is 2.66. The van der Waals surface area contributed by atoms with Gasteiger partial charge in [0, 0.05) is 5.92 Å². The molecule has 0 aliphatic heterocycles. The number of aromatic amines is 1. The first-order chi connectivity index (χ1) is 8.78. The summed E-state index contributed by atoms with van der Waals surface area (Å²) in [4.78, 5) is 4.45. The van der Waals surface area contributed by atoms with Gasteiger partial charge in [0.05, 0.1) is 6.20 Å². The van der Waals surface area contributed by atoms with Crippen molar-refractivity contribution in [2.24, 2.45) is 5.92 Å². The molecule has 2 unspecified atom stereocenters. The summed E-state index contributed by atoms with van der Waals surface area (Å²) in [7, 11) is 0. The molecule has 3 rings (SSSR count). The molecule has 6 heteroatoms. The second-order valence-corrected chi connectivity index (χ2v) is 4.94. The van der Waals surface area contributed by atoms with Gasteiger partial charge < -0.3 is 10.3 Å². The second-order valence-electron chi connectivity index (χ2n) is 4.94. The van der Waals surface area contributed by atoms with E-state index in [1.807, 2.05) is 0 Å². The Morgan fingerprint density at radius 3 is 3.06 bits per heavy atom. The van der Waals surface area contributed by atoms with E-state index in [9.17, 15) is 0 Å². The van der Waals surface area contributed by atoms with Crippen molar-refractivity contribution in [3.8, 4) is 11.5 Å². The molecule has 0 aromatic carbocycles. The smallest absolute Gasteiger partial charge is 0.263 e. The molecule has 2 heterocycles. The Balaban J connectivity index is 1.80. The third-order valence-electron chi connectivity index (χ3n) is 3.82. The molecule has 96 valence electrons. The summed E-state index contributed by atoms with van der Waals surface area (Å²) >= 11 is 0. The quantitative estimate of drug-likeness (QED) is 0.868. The Labute approximate surface area is 105 Å². The topological polar surface area (TPSA) is 93.6 Å². The van der Waals surface area contributed by atoms with E-state index in [-0.39, 0.29) is 0 Å². The van der Waals surface area contributed by atoms with Crippen LogP contribution in [-0.4, -0.2) is 20.3 Å². The summed E-state index contributed by atoms with van der Waals surface area (Å²) in [5.74, 6) is 2.96. The van der Waals surface area contributed by atoms with Crippen molar-refractivity contribution in [2.75, 3.05) is 5.73 Å². The van der Waals surface area contributed by atoms with Crippen molar-refractivity contribution in [1.82, 2.24) is 20.3 Å². The molecule has 0 radical (unpaired) electrons. The van der Waals surface area contributed by atoms with Gasteiger partial charge in [0.2, 0.25) is 0 Å². The van der Waals surface area contributed by atoms with Crippen molar-refractivity contribution in [3.05, 3.63) is 12.0 Å². The molecule has 0 bridgehead atoms. The van der Waals surface area contributed by atoms with Crippen LogP contribution in [0, 0.1) is 5.92 Å². The van der Waals surface area contributed by atoms with Crippen LogP contribution < -0.4 is 5.73 Å². The van der Waals surface area contributed by atoms with Crippen LogP contribution in [-0.2, 0) is 0 Å². The van der Waals surface area contributed by atoms with Crippen LogP contribution in [0.2, 0.25) is 0 Å². The molecule has 1 fully saturated rings. The van der Waals surface area contributed by atoms with Crippen LogP contribution in [0.25, 0.3) is 11.5 Å². The maximum atomic E-state index is 5.73. The summed E-state index contributed by atoms with van der Waals surface area (Å²) in [6, 6.07) is 0. The monoisotopic (exact) mass is 247 g/mol. The van der Waals surface area contributed by atoms with E-state index in [0.29, 0.717) is 23.2 Å². The molecule has 0 spiro atoms. The summed E-state index contributed by atoms with van der Waals surface area (Å²) in [6.45, 7) is 2.24. The average molecular weight is 247 g/mol. The zero-order chi connectivity index (χ0) is 12.5. The van der Waals surface area contributed by atoms with Crippen LogP contribution in [0.15, 0.2) is 10.7 Å². The lowest BCUT2D eigenvalue weighted by Crippen LogP contribution is -1.97. The molecule has 2 aromatic rings. The highest BCUT2D eigenvalue weighted by Crippen LogP contribution is 2.39. The summed E-state index contributed by atoms with van der Waals surface area (Å²) in [5, 5.41) is 10.6. The van der Waals surface area contributed by atoms with Crippen molar-refractivity contribution in [2.45, 2.75) is 38.5 Å². The van der Waals surface area contributed by atoms with Gasteiger partial charge in [-0.05, 0) is 25.2 Å².